The Balaban J connectivity index is 1.62. The third kappa shape index (κ3) is 6.39. The van der Waals surface area contributed by atoms with Gasteiger partial charge in [-0.15, -0.1) is 0 Å². The van der Waals surface area contributed by atoms with Crippen LogP contribution in [0.2, 0.25) is 0 Å². The minimum atomic E-state index is -3.76. The molecule has 0 spiro atoms. The van der Waals surface area contributed by atoms with Crippen LogP contribution in [-0.2, 0) is 20.2 Å². The molecule has 1 amide bonds. The summed E-state index contributed by atoms with van der Waals surface area (Å²) in [5.41, 5.74) is 3.88. The maximum atomic E-state index is 12.8. The van der Waals surface area contributed by atoms with Gasteiger partial charge in [-0.2, -0.15) is 0 Å². The van der Waals surface area contributed by atoms with E-state index in [1.165, 1.54) is 12.1 Å². The molecule has 0 aliphatic rings. The maximum absolute atomic E-state index is 12.8. The summed E-state index contributed by atoms with van der Waals surface area (Å²) in [7, 11) is -3.76. The first kappa shape index (κ1) is 25.8. The number of amides is 1. The highest BCUT2D eigenvalue weighted by Gasteiger charge is 2.18. The molecule has 0 aliphatic heterocycles. The van der Waals surface area contributed by atoms with Gasteiger partial charge in [0.25, 0.3) is 15.9 Å². The van der Waals surface area contributed by atoms with Crippen molar-refractivity contribution in [1.82, 2.24) is 0 Å². The molecule has 0 bridgehead atoms. The van der Waals surface area contributed by atoms with Crippen molar-refractivity contribution in [1.29, 1.82) is 0 Å². The van der Waals surface area contributed by atoms with E-state index in [1.54, 1.807) is 12.1 Å². The molecular formula is C26H29BrN2O4S. The quantitative estimate of drug-likeness (QED) is 0.371. The second-order valence-electron chi connectivity index (χ2n) is 9.13. The average molecular weight is 545 g/mol. The second-order valence-corrected chi connectivity index (χ2v) is 11.7. The first-order chi connectivity index (χ1) is 15.9. The first-order valence-corrected chi connectivity index (χ1v) is 13.1. The Labute approximate surface area is 209 Å². The van der Waals surface area contributed by atoms with Gasteiger partial charge in [0.15, 0.2) is 6.61 Å². The van der Waals surface area contributed by atoms with E-state index >= 15 is 0 Å². The summed E-state index contributed by atoms with van der Waals surface area (Å²) in [5.74, 6) is 0.221. The van der Waals surface area contributed by atoms with E-state index in [0.717, 1.165) is 21.2 Å². The van der Waals surface area contributed by atoms with Crippen molar-refractivity contribution < 1.29 is 17.9 Å². The molecule has 0 heterocycles. The van der Waals surface area contributed by atoms with Gasteiger partial charge in [0.1, 0.15) is 5.75 Å². The van der Waals surface area contributed by atoms with Crippen LogP contribution < -0.4 is 14.8 Å². The molecule has 0 saturated heterocycles. The number of aryl methyl sites for hydroxylation is 2. The highest BCUT2D eigenvalue weighted by Crippen LogP contribution is 2.31. The molecule has 6 nitrogen and oxygen atoms in total. The fourth-order valence-corrected chi connectivity index (χ4v) is 5.01. The van der Waals surface area contributed by atoms with Gasteiger partial charge >= 0.3 is 0 Å². The third-order valence-corrected chi connectivity index (χ3v) is 7.31. The average Bonchev–Trinajstić information content (AvgIpc) is 2.75. The Morgan fingerprint density at radius 1 is 0.971 bits per heavy atom. The summed E-state index contributed by atoms with van der Waals surface area (Å²) in [4.78, 5) is 12.4. The summed E-state index contributed by atoms with van der Waals surface area (Å²) in [5, 5.41) is 2.72. The van der Waals surface area contributed by atoms with Gasteiger partial charge in [-0.3, -0.25) is 9.52 Å². The van der Waals surface area contributed by atoms with Gasteiger partial charge in [-0.1, -0.05) is 45.0 Å². The number of benzene rings is 3. The summed E-state index contributed by atoms with van der Waals surface area (Å²) in [6.45, 7) is 9.89. The van der Waals surface area contributed by atoms with Crippen molar-refractivity contribution in [2.45, 2.75) is 44.9 Å². The SMILES string of the molecule is Cc1cccc(C)c1NS(=O)(=O)c1ccc(NC(=O)COc2ccc(C(C)(C)C)cc2Br)cc1. The number of hydrogen-bond donors (Lipinski definition) is 2. The van der Waals surface area contributed by atoms with Crippen LogP contribution >= 0.6 is 15.9 Å². The van der Waals surface area contributed by atoms with Crippen molar-refractivity contribution >= 4 is 43.2 Å². The highest BCUT2D eigenvalue weighted by molar-refractivity contribution is 9.10. The van der Waals surface area contributed by atoms with Crippen LogP contribution in [0.1, 0.15) is 37.5 Å². The van der Waals surface area contributed by atoms with Crippen molar-refractivity contribution in [2.24, 2.45) is 0 Å². The fourth-order valence-electron chi connectivity index (χ4n) is 3.31. The topological polar surface area (TPSA) is 84.5 Å². The lowest BCUT2D eigenvalue weighted by Crippen LogP contribution is -2.20. The van der Waals surface area contributed by atoms with Crippen LogP contribution in [0, 0.1) is 13.8 Å². The molecule has 3 rings (SSSR count). The van der Waals surface area contributed by atoms with Crippen molar-refractivity contribution in [3.05, 3.63) is 81.8 Å². The minimum Gasteiger partial charge on any atom is -0.483 e. The number of carbonyl (C=O) groups is 1. The molecule has 180 valence electrons. The predicted molar refractivity (Wildman–Crippen MR) is 140 cm³/mol. The highest BCUT2D eigenvalue weighted by atomic mass is 79.9. The van der Waals surface area contributed by atoms with E-state index in [-0.39, 0.29) is 22.8 Å². The van der Waals surface area contributed by atoms with Crippen LogP contribution in [0.4, 0.5) is 11.4 Å². The van der Waals surface area contributed by atoms with Crippen LogP contribution in [0.25, 0.3) is 0 Å². The Bertz CT molecular complexity index is 1280. The zero-order valence-corrected chi connectivity index (χ0v) is 22.3. The van der Waals surface area contributed by atoms with Crippen LogP contribution in [0.3, 0.4) is 0 Å². The number of sulfonamides is 1. The number of anilines is 2. The standard InChI is InChI=1S/C26H29BrN2O4S/c1-17-7-6-8-18(2)25(17)29-34(31,32)21-12-10-20(11-13-21)28-24(30)16-33-23-14-9-19(15-22(23)27)26(3,4)5/h6-15,29H,16H2,1-5H3,(H,28,30). The molecule has 8 heteroatoms. The lowest BCUT2D eigenvalue weighted by molar-refractivity contribution is -0.118. The lowest BCUT2D eigenvalue weighted by atomic mass is 9.87. The number of ether oxygens (including phenoxy) is 1. The molecule has 3 aromatic rings. The fraction of sp³-hybridized carbons (Fsp3) is 0.269. The molecule has 2 N–H and O–H groups in total. The zero-order chi connectivity index (χ0) is 25.1. The number of nitrogens with one attached hydrogen (secondary N) is 2. The molecule has 0 aromatic heterocycles. The molecule has 0 aliphatic carbocycles. The van der Waals surface area contributed by atoms with Crippen molar-refractivity contribution in [2.75, 3.05) is 16.6 Å². The second kappa shape index (κ2) is 10.2. The smallest absolute Gasteiger partial charge is 0.262 e. The van der Waals surface area contributed by atoms with Gasteiger partial charge < -0.3 is 10.1 Å². The largest absolute Gasteiger partial charge is 0.483 e. The van der Waals surface area contributed by atoms with Crippen LogP contribution in [0.5, 0.6) is 5.75 Å². The molecule has 0 unspecified atom stereocenters. The normalized spacial score (nSPS) is 11.7. The number of rotatable bonds is 7. The Hall–Kier alpha value is -2.84. The minimum absolute atomic E-state index is 0.00629. The van der Waals surface area contributed by atoms with E-state index in [4.69, 9.17) is 4.74 Å². The van der Waals surface area contributed by atoms with E-state index in [0.29, 0.717) is 17.1 Å². The van der Waals surface area contributed by atoms with E-state index in [9.17, 15) is 13.2 Å². The third-order valence-electron chi connectivity index (χ3n) is 5.32. The lowest BCUT2D eigenvalue weighted by Gasteiger charge is -2.20. The molecule has 0 radical (unpaired) electrons. The number of halogens is 1. The van der Waals surface area contributed by atoms with Crippen molar-refractivity contribution in [3.8, 4) is 5.75 Å². The first-order valence-electron chi connectivity index (χ1n) is 10.8. The van der Waals surface area contributed by atoms with Gasteiger partial charge in [0, 0.05) is 5.69 Å². The zero-order valence-electron chi connectivity index (χ0n) is 19.9. The summed E-state index contributed by atoms with van der Waals surface area (Å²) >= 11 is 3.50. The molecule has 0 fully saturated rings. The Morgan fingerprint density at radius 3 is 2.15 bits per heavy atom. The summed E-state index contributed by atoms with van der Waals surface area (Å²) < 4.78 is 34.7. The number of carbonyl (C=O) groups excluding carboxylic acids is 1. The number of hydrogen-bond acceptors (Lipinski definition) is 4. The molecule has 34 heavy (non-hydrogen) atoms. The van der Waals surface area contributed by atoms with Crippen LogP contribution in [-0.4, -0.2) is 20.9 Å². The Morgan fingerprint density at radius 2 is 1.59 bits per heavy atom. The van der Waals surface area contributed by atoms with Gasteiger partial charge in [0.2, 0.25) is 0 Å². The van der Waals surface area contributed by atoms with E-state index in [1.807, 2.05) is 50.2 Å². The van der Waals surface area contributed by atoms with E-state index < -0.39 is 10.0 Å². The van der Waals surface area contributed by atoms with Gasteiger partial charge in [-0.05, 0) is 88.3 Å². The maximum Gasteiger partial charge on any atom is 0.262 e. The van der Waals surface area contributed by atoms with Crippen LogP contribution in [0.15, 0.2) is 70.0 Å². The number of para-hydroxylation sites is 1. The van der Waals surface area contributed by atoms with Crippen molar-refractivity contribution in [3.63, 3.8) is 0 Å². The monoisotopic (exact) mass is 544 g/mol. The van der Waals surface area contributed by atoms with Gasteiger partial charge in [0.05, 0.1) is 15.1 Å². The molecule has 0 saturated carbocycles. The molecule has 3 aromatic carbocycles. The summed E-state index contributed by atoms with van der Waals surface area (Å²) in [6.07, 6.45) is 0. The Kier molecular flexibility index (Phi) is 7.73. The summed E-state index contributed by atoms with van der Waals surface area (Å²) in [6, 6.07) is 17.4. The molecular weight excluding hydrogens is 516 g/mol. The predicted octanol–water partition coefficient (Wildman–Crippen LogP) is 6.18. The molecule has 0 atom stereocenters. The van der Waals surface area contributed by atoms with E-state index in [2.05, 4.69) is 46.7 Å². The van der Waals surface area contributed by atoms with Gasteiger partial charge in [-0.25, -0.2) is 8.42 Å².